The van der Waals surface area contributed by atoms with Crippen LogP contribution in [0.1, 0.15) is 18.9 Å². The lowest BCUT2D eigenvalue weighted by Crippen LogP contribution is -2.34. The van der Waals surface area contributed by atoms with Gasteiger partial charge in [-0.15, -0.1) is 0 Å². The van der Waals surface area contributed by atoms with Gasteiger partial charge in [0.05, 0.1) is 10.5 Å². The van der Waals surface area contributed by atoms with Crippen molar-refractivity contribution < 1.29 is 12.8 Å². The van der Waals surface area contributed by atoms with Crippen LogP contribution >= 0.6 is 24.0 Å². The van der Waals surface area contributed by atoms with Crippen LogP contribution in [0.15, 0.2) is 23.1 Å². The summed E-state index contributed by atoms with van der Waals surface area (Å²) in [6.45, 7) is 1.76. The van der Waals surface area contributed by atoms with Crippen molar-refractivity contribution in [3.63, 3.8) is 0 Å². The molecule has 112 valence electrons. The van der Waals surface area contributed by atoms with Gasteiger partial charge in [-0.05, 0) is 37.5 Å². The van der Waals surface area contributed by atoms with Crippen molar-refractivity contribution in [3.05, 3.63) is 29.6 Å². The number of rotatable bonds is 7. The lowest BCUT2D eigenvalue weighted by molar-refractivity contribution is 0.554. The largest absolute Gasteiger partial charge is 0.389 e. The smallest absolute Gasteiger partial charge is 0.241 e. The molecule has 0 fully saturated rings. The molecule has 0 heterocycles. The third-order valence-electron chi connectivity index (χ3n) is 2.62. The summed E-state index contributed by atoms with van der Waals surface area (Å²) in [7, 11) is -3.85. The molecule has 1 aromatic carbocycles. The van der Waals surface area contributed by atoms with E-state index in [9.17, 15) is 12.8 Å². The van der Waals surface area contributed by atoms with Crippen LogP contribution < -0.4 is 10.5 Å². The van der Waals surface area contributed by atoms with Crippen molar-refractivity contribution in [1.29, 1.82) is 0 Å². The predicted molar refractivity (Wildman–Crippen MR) is 85.1 cm³/mol. The Morgan fingerprint density at radius 1 is 1.55 bits per heavy atom. The fraction of sp³-hybridized carbons (Fsp3) is 0.417. The monoisotopic (exact) mass is 336 g/mol. The minimum atomic E-state index is -3.85. The molecule has 0 radical (unpaired) electrons. The Kier molecular flexibility index (Phi) is 6.38. The van der Waals surface area contributed by atoms with Gasteiger partial charge in [0.15, 0.2) is 0 Å². The summed E-state index contributed by atoms with van der Waals surface area (Å²) < 4.78 is 40.8. The minimum Gasteiger partial charge on any atom is -0.389 e. The molecule has 0 aromatic heterocycles. The molecule has 1 atom stereocenters. The Hall–Kier alpha value is -0.700. The Morgan fingerprint density at radius 3 is 2.75 bits per heavy atom. The topological polar surface area (TPSA) is 72.2 Å². The first-order valence-corrected chi connectivity index (χ1v) is 9.17. The van der Waals surface area contributed by atoms with Crippen LogP contribution in [0.2, 0.25) is 0 Å². The highest BCUT2D eigenvalue weighted by Crippen LogP contribution is 2.19. The molecule has 0 saturated carbocycles. The lowest BCUT2D eigenvalue weighted by Gasteiger charge is -2.16. The first-order chi connectivity index (χ1) is 9.29. The number of hydrogen-bond acceptors (Lipinski definition) is 4. The Balaban J connectivity index is 3.10. The lowest BCUT2D eigenvalue weighted by atomic mass is 10.2. The van der Waals surface area contributed by atoms with Gasteiger partial charge in [-0.2, -0.15) is 11.8 Å². The molecular weight excluding hydrogens is 319 g/mol. The number of halogens is 1. The fourth-order valence-electron chi connectivity index (χ4n) is 1.65. The maximum absolute atomic E-state index is 13.7. The van der Waals surface area contributed by atoms with E-state index in [0.717, 1.165) is 11.8 Å². The van der Waals surface area contributed by atoms with Gasteiger partial charge in [-0.25, -0.2) is 17.5 Å². The minimum absolute atomic E-state index is 0.221. The summed E-state index contributed by atoms with van der Waals surface area (Å²) in [6.07, 6.45) is 2.62. The van der Waals surface area contributed by atoms with E-state index in [0.29, 0.717) is 6.42 Å². The van der Waals surface area contributed by atoms with Crippen LogP contribution in [-0.4, -0.2) is 31.5 Å². The second-order valence-electron chi connectivity index (χ2n) is 4.28. The van der Waals surface area contributed by atoms with Crippen LogP contribution in [0.3, 0.4) is 0 Å². The molecule has 3 N–H and O–H groups in total. The maximum Gasteiger partial charge on any atom is 0.241 e. The Bertz CT molecular complexity index is 590. The van der Waals surface area contributed by atoms with E-state index in [2.05, 4.69) is 4.72 Å². The summed E-state index contributed by atoms with van der Waals surface area (Å²) in [5, 5.41) is 0. The molecule has 0 bridgehead atoms. The average Bonchev–Trinajstić information content (AvgIpc) is 2.35. The number of benzene rings is 1. The van der Waals surface area contributed by atoms with Gasteiger partial charge in [-0.1, -0.05) is 18.3 Å². The van der Waals surface area contributed by atoms with Crippen molar-refractivity contribution >= 4 is 39.0 Å². The van der Waals surface area contributed by atoms with Crippen LogP contribution in [-0.2, 0) is 10.0 Å². The van der Waals surface area contributed by atoms with E-state index in [4.69, 9.17) is 18.0 Å². The second-order valence-corrected chi connectivity index (χ2v) is 7.39. The van der Waals surface area contributed by atoms with Gasteiger partial charge in [-0.3, -0.25) is 0 Å². The van der Waals surface area contributed by atoms with Crippen LogP contribution in [0, 0.1) is 5.82 Å². The second kappa shape index (κ2) is 7.35. The zero-order valence-corrected chi connectivity index (χ0v) is 13.7. The third kappa shape index (κ3) is 4.41. The summed E-state index contributed by atoms with van der Waals surface area (Å²) in [5.74, 6) is 0.0896. The van der Waals surface area contributed by atoms with Crippen molar-refractivity contribution in [2.45, 2.75) is 24.3 Å². The van der Waals surface area contributed by atoms with Crippen LogP contribution in [0.4, 0.5) is 4.39 Å². The van der Waals surface area contributed by atoms with Crippen molar-refractivity contribution in [3.8, 4) is 0 Å². The van der Waals surface area contributed by atoms with Gasteiger partial charge in [0.2, 0.25) is 10.0 Å². The number of hydrogen-bond donors (Lipinski definition) is 2. The molecular formula is C12H17FN2O2S3. The molecule has 0 aliphatic rings. The van der Waals surface area contributed by atoms with E-state index in [-0.39, 0.29) is 21.5 Å². The highest BCUT2D eigenvalue weighted by molar-refractivity contribution is 7.98. The standard InChI is InChI=1S/C12H17FN2O2S3/c1-8(6-7-19-2)15-20(16,17)10-5-3-4-9(13)11(10)12(14)18/h3-5,8,15H,6-7H2,1-2H3,(H2,14,18). The number of nitrogens with one attached hydrogen (secondary N) is 1. The summed E-state index contributed by atoms with van der Waals surface area (Å²) in [4.78, 5) is -0.499. The molecule has 20 heavy (non-hydrogen) atoms. The van der Waals surface area contributed by atoms with Crippen molar-refractivity contribution in [1.82, 2.24) is 4.72 Å². The first kappa shape index (κ1) is 17.4. The Morgan fingerprint density at radius 2 is 2.20 bits per heavy atom. The molecule has 4 nitrogen and oxygen atoms in total. The van der Waals surface area contributed by atoms with Gasteiger partial charge in [0.1, 0.15) is 10.8 Å². The molecule has 0 spiro atoms. The highest BCUT2D eigenvalue weighted by atomic mass is 32.2. The molecule has 1 rings (SSSR count). The predicted octanol–water partition coefficient (Wildman–Crippen LogP) is 1.88. The summed E-state index contributed by atoms with van der Waals surface area (Å²) in [5.41, 5.74) is 5.18. The number of sulfonamides is 1. The van der Waals surface area contributed by atoms with Gasteiger partial charge in [0, 0.05) is 6.04 Å². The quantitative estimate of drug-likeness (QED) is 0.744. The fourth-order valence-corrected chi connectivity index (χ4v) is 4.02. The molecule has 0 amide bonds. The molecule has 1 aromatic rings. The van der Waals surface area contributed by atoms with E-state index >= 15 is 0 Å². The van der Waals surface area contributed by atoms with Crippen molar-refractivity contribution in [2.24, 2.45) is 5.73 Å². The summed E-state index contributed by atoms with van der Waals surface area (Å²) >= 11 is 6.36. The average molecular weight is 336 g/mol. The highest BCUT2D eigenvalue weighted by Gasteiger charge is 2.24. The molecule has 0 aliphatic heterocycles. The zero-order chi connectivity index (χ0) is 15.3. The van der Waals surface area contributed by atoms with Crippen LogP contribution in [0.25, 0.3) is 0 Å². The van der Waals surface area contributed by atoms with Crippen LogP contribution in [0.5, 0.6) is 0 Å². The molecule has 8 heteroatoms. The normalized spacial score (nSPS) is 13.2. The van der Waals surface area contributed by atoms with E-state index in [1.807, 2.05) is 6.26 Å². The number of thiocarbonyl (C=S) groups is 1. The first-order valence-electron chi connectivity index (χ1n) is 5.89. The van der Waals surface area contributed by atoms with Crippen molar-refractivity contribution in [2.75, 3.05) is 12.0 Å². The SMILES string of the molecule is CSCCC(C)NS(=O)(=O)c1cccc(F)c1C(N)=S. The van der Waals surface area contributed by atoms with E-state index in [1.54, 1.807) is 18.7 Å². The molecule has 0 saturated heterocycles. The number of nitrogens with two attached hydrogens (primary N) is 1. The zero-order valence-electron chi connectivity index (χ0n) is 11.2. The van der Waals surface area contributed by atoms with Gasteiger partial charge in [0.25, 0.3) is 0 Å². The van der Waals surface area contributed by atoms with Gasteiger partial charge < -0.3 is 5.73 Å². The molecule has 0 aliphatic carbocycles. The summed E-state index contributed by atoms with van der Waals surface area (Å²) in [6, 6.07) is 3.49. The van der Waals surface area contributed by atoms with Gasteiger partial charge >= 0.3 is 0 Å². The number of thioether (sulfide) groups is 1. The molecule has 1 unspecified atom stereocenters. The maximum atomic E-state index is 13.7. The van der Waals surface area contributed by atoms with E-state index < -0.39 is 15.8 Å². The third-order valence-corrected chi connectivity index (χ3v) is 5.10. The van der Waals surface area contributed by atoms with E-state index in [1.165, 1.54) is 12.1 Å². The Labute approximate surface area is 128 Å².